The molecule has 0 unspecified atom stereocenters. The molecule has 0 spiro atoms. The van der Waals surface area contributed by atoms with Crippen molar-refractivity contribution in [3.8, 4) is 5.75 Å². The van der Waals surface area contributed by atoms with Crippen molar-refractivity contribution >= 4 is 47.7 Å². The van der Waals surface area contributed by atoms with Gasteiger partial charge in [-0.3, -0.25) is 9.69 Å². The van der Waals surface area contributed by atoms with E-state index >= 15 is 0 Å². The van der Waals surface area contributed by atoms with Gasteiger partial charge < -0.3 is 29.9 Å². The van der Waals surface area contributed by atoms with E-state index in [1.807, 2.05) is 35.7 Å². The second-order valence-corrected chi connectivity index (χ2v) is 8.71. The first-order valence-corrected chi connectivity index (χ1v) is 11.4. The molecule has 3 N–H and O–H groups in total. The molecule has 1 amide bonds. The molecule has 2 aliphatic rings. The maximum atomic E-state index is 12.3. The maximum absolute atomic E-state index is 12.3. The molecular weight excluding hydrogens is 489 g/mol. The molecule has 2 fully saturated rings. The van der Waals surface area contributed by atoms with Gasteiger partial charge in [-0.25, -0.2) is 0 Å². The van der Waals surface area contributed by atoms with E-state index in [0.29, 0.717) is 4.88 Å². The number of nitrogens with zero attached hydrogens (tertiary/aromatic N) is 2. The third-order valence-electron chi connectivity index (χ3n) is 6.01. The fourth-order valence-electron chi connectivity index (χ4n) is 4.44. The number of halogens is 2. The molecule has 0 radical (unpaired) electrons. The van der Waals surface area contributed by atoms with Gasteiger partial charge in [0, 0.05) is 32.7 Å². The predicted molar refractivity (Wildman–Crippen MR) is 133 cm³/mol. The normalized spacial score (nSPS) is 25.1. The number of aliphatic hydroxyl groups is 2. The van der Waals surface area contributed by atoms with Crippen molar-refractivity contribution < 1.29 is 24.5 Å². The molecular formula is C22H31Cl2N3O5S. The maximum Gasteiger partial charge on any atom is 0.261 e. The highest BCUT2D eigenvalue weighted by atomic mass is 35.5. The molecule has 2 aromatic rings. The molecule has 4 rings (SSSR count). The molecule has 0 aliphatic carbocycles. The lowest BCUT2D eigenvalue weighted by Crippen LogP contribution is -2.57. The molecule has 33 heavy (non-hydrogen) atoms. The number of piperazine rings is 1. The Hall–Kier alpha value is -1.59. The molecule has 4 atom stereocenters. The third kappa shape index (κ3) is 6.10. The van der Waals surface area contributed by atoms with Gasteiger partial charge in [0.05, 0.1) is 36.4 Å². The fraction of sp³-hybridized carbons (Fsp3) is 0.500. The van der Waals surface area contributed by atoms with Crippen molar-refractivity contribution in [1.29, 1.82) is 0 Å². The van der Waals surface area contributed by atoms with Crippen LogP contribution in [0.4, 0.5) is 5.69 Å². The Balaban J connectivity index is 0.00000193. The van der Waals surface area contributed by atoms with Crippen LogP contribution in [0.3, 0.4) is 0 Å². The van der Waals surface area contributed by atoms with Crippen molar-refractivity contribution in [3.63, 3.8) is 0 Å². The fourth-order valence-corrected chi connectivity index (χ4v) is 5.08. The number of carbonyl (C=O) groups is 1. The van der Waals surface area contributed by atoms with Crippen LogP contribution in [0.25, 0.3) is 0 Å². The lowest BCUT2D eigenvalue weighted by molar-refractivity contribution is -0.0209. The number of benzene rings is 1. The van der Waals surface area contributed by atoms with Crippen molar-refractivity contribution in [3.05, 3.63) is 46.7 Å². The van der Waals surface area contributed by atoms with E-state index in [-0.39, 0.29) is 49.9 Å². The number of ether oxygens (including phenoxy) is 2. The van der Waals surface area contributed by atoms with Crippen LogP contribution in [0.1, 0.15) is 9.67 Å². The van der Waals surface area contributed by atoms with Crippen molar-refractivity contribution in [2.45, 2.75) is 24.4 Å². The summed E-state index contributed by atoms with van der Waals surface area (Å²) in [6.45, 7) is 3.05. The lowest BCUT2D eigenvalue weighted by Gasteiger charge is -2.41. The molecule has 1 aromatic heterocycles. The molecule has 1 aromatic carbocycles. The van der Waals surface area contributed by atoms with Crippen LogP contribution in [-0.4, -0.2) is 91.8 Å². The number of carbonyl (C=O) groups excluding carboxylic acids is 1. The van der Waals surface area contributed by atoms with E-state index in [1.165, 1.54) is 11.3 Å². The van der Waals surface area contributed by atoms with Crippen LogP contribution < -0.4 is 15.0 Å². The standard InChI is InChI=1S/C22H29N3O5S.2ClH/c1-29-16-6-3-2-5-15(16)24-8-10-25(11-9-24)20-17(30-18(14-26)21(20)27)13-23-22(28)19-7-4-12-31-19;;/h2-7,12,17-18,20-21,26-27H,8-11,13-14H2,1H3,(H,23,28);2*1H/t17-,18+,20+,21-;;/m1../s1. The van der Waals surface area contributed by atoms with Gasteiger partial charge in [-0.2, -0.15) is 0 Å². The Bertz CT molecular complexity index is 867. The summed E-state index contributed by atoms with van der Waals surface area (Å²) >= 11 is 1.38. The predicted octanol–water partition coefficient (Wildman–Crippen LogP) is 1.64. The third-order valence-corrected chi connectivity index (χ3v) is 6.88. The summed E-state index contributed by atoms with van der Waals surface area (Å²) in [4.78, 5) is 17.5. The molecule has 3 heterocycles. The Morgan fingerprint density at radius 3 is 2.52 bits per heavy atom. The summed E-state index contributed by atoms with van der Waals surface area (Å²) in [5.41, 5.74) is 1.06. The molecule has 2 saturated heterocycles. The number of thiophene rings is 1. The van der Waals surface area contributed by atoms with E-state index in [2.05, 4.69) is 15.1 Å². The number of hydrogen-bond acceptors (Lipinski definition) is 8. The molecule has 8 nitrogen and oxygen atoms in total. The molecule has 0 saturated carbocycles. The topological polar surface area (TPSA) is 94.5 Å². The van der Waals surface area contributed by atoms with Crippen LogP contribution in [0, 0.1) is 0 Å². The smallest absolute Gasteiger partial charge is 0.261 e. The minimum Gasteiger partial charge on any atom is -0.495 e. The number of para-hydroxylation sites is 2. The number of amides is 1. The van der Waals surface area contributed by atoms with Crippen LogP contribution in [-0.2, 0) is 4.74 Å². The quantitative estimate of drug-likeness (QED) is 0.511. The summed E-state index contributed by atoms with van der Waals surface area (Å²) in [6, 6.07) is 11.3. The van der Waals surface area contributed by atoms with Crippen LogP contribution in [0.5, 0.6) is 5.75 Å². The average Bonchev–Trinajstić information content (AvgIpc) is 3.46. The largest absolute Gasteiger partial charge is 0.495 e. The summed E-state index contributed by atoms with van der Waals surface area (Å²) < 4.78 is 11.4. The van der Waals surface area contributed by atoms with Crippen LogP contribution in [0.15, 0.2) is 41.8 Å². The number of rotatable bonds is 7. The van der Waals surface area contributed by atoms with Gasteiger partial charge in [0.15, 0.2) is 0 Å². The first-order valence-electron chi connectivity index (χ1n) is 10.5. The van der Waals surface area contributed by atoms with E-state index in [9.17, 15) is 15.0 Å². The van der Waals surface area contributed by atoms with Crippen LogP contribution >= 0.6 is 36.2 Å². The van der Waals surface area contributed by atoms with Gasteiger partial charge in [0.2, 0.25) is 0 Å². The van der Waals surface area contributed by atoms with Crippen molar-refractivity contribution in [2.75, 3.05) is 51.3 Å². The summed E-state index contributed by atoms with van der Waals surface area (Å²) in [5.74, 6) is 0.690. The summed E-state index contributed by atoms with van der Waals surface area (Å²) in [5, 5.41) is 25.2. The summed E-state index contributed by atoms with van der Waals surface area (Å²) in [7, 11) is 1.67. The second kappa shape index (κ2) is 12.8. The van der Waals surface area contributed by atoms with E-state index in [1.54, 1.807) is 13.2 Å². The van der Waals surface area contributed by atoms with Crippen LogP contribution in [0.2, 0.25) is 0 Å². The number of hydrogen-bond donors (Lipinski definition) is 3. The van der Waals surface area contributed by atoms with E-state index in [4.69, 9.17) is 9.47 Å². The van der Waals surface area contributed by atoms with Gasteiger partial charge in [-0.1, -0.05) is 18.2 Å². The van der Waals surface area contributed by atoms with E-state index in [0.717, 1.165) is 37.6 Å². The van der Waals surface area contributed by atoms with Crippen molar-refractivity contribution in [2.24, 2.45) is 0 Å². The van der Waals surface area contributed by atoms with Gasteiger partial charge in [-0.05, 0) is 23.6 Å². The molecule has 184 valence electrons. The minimum absolute atomic E-state index is 0. The first-order chi connectivity index (χ1) is 15.1. The first kappa shape index (κ1) is 27.7. The monoisotopic (exact) mass is 519 g/mol. The Kier molecular flexibility index (Phi) is 10.7. The number of anilines is 1. The minimum atomic E-state index is -0.813. The SMILES string of the molecule is COc1ccccc1N1CCN([C@@H]2[C@H](O)[C@H](CO)O[C@@H]2CNC(=O)c2cccs2)CC1.Cl.Cl. The second-order valence-electron chi connectivity index (χ2n) is 7.76. The molecule has 0 bridgehead atoms. The number of nitrogens with one attached hydrogen (secondary N) is 1. The average molecular weight is 520 g/mol. The zero-order valence-electron chi connectivity index (χ0n) is 18.3. The van der Waals surface area contributed by atoms with E-state index < -0.39 is 18.3 Å². The summed E-state index contributed by atoms with van der Waals surface area (Å²) in [6.07, 6.45) is -1.86. The number of methoxy groups -OCH3 is 1. The van der Waals surface area contributed by atoms with Gasteiger partial charge in [-0.15, -0.1) is 36.2 Å². The Morgan fingerprint density at radius 1 is 1.15 bits per heavy atom. The lowest BCUT2D eigenvalue weighted by atomic mass is 10.0. The van der Waals surface area contributed by atoms with Crippen molar-refractivity contribution in [1.82, 2.24) is 10.2 Å². The zero-order valence-corrected chi connectivity index (χ0v) is 20.8. The van der Waals surface area contributed by atoms with Gasteiger partial charge in [0.1, 0.15) is 18.0 Å². The Labute approximate surface area is 210 Å². The van der Waals surface area contributed by atoms with Gasteiger partial charge >= 0.3 is 0 Å². The van der Waals surface area contributed by atoms with Gasteiger partial charge in [0.25, 0.3) is 5.91 Å². The zero-order chi connectivity index (χ0) is 21.8. The molecule has 11 heteroatoms. The highest BCUT2D eigenvalue weighted by Gasteiger charge is 2.46. The molecule has 2 aliphatic heterocycles. The highest BCUT2D eigenvalue weighted by molar-refractivity contribution is 7.12. The number of aliphatic hydroxyl groups excluding tert-OH is 2. The Morgan fingerprint density at radius 2 is 1.88 bits per heavy atom. The highest BCUT2D eigenvalue weighted by Crippen LogP contribution is 2.31.